The first-order chi connectivity index (χ1) is 8.64. The zero-order valence-electron chi connectivity index (χ0n) is 10.0. The van der Waals surface area contributed by atoms with Gasteiger partial charge in [0.25, 0.3) is 0 Å². The maximum Gasteiger partial charge on any atom is 0.243 e. The van der Waals surface area contributed by atoms with E-state index in [1.807, 2.05) is 0 Å². The van der Waals surface area contributed by atoms with E-state index in [0.29, 0.717) is 23.7 Å². The lowest BCUT2D eigenvalue weighted by Crippen LogP contribution is -2.33. The Morgan fingerprint density at radius 2 is 1.89 bits per heavy atom. The molecule has 5 nitrogen and oxygen atoms in total. The van der Waals surface area contributed by atoms with Gasteiger partial charge >= 0.3 is 0 Å². The molecule has 0 unspecified atom stereocenters. The number of rotatable bonds is 3. The molecule has 1 aliphatic heterocycles. The third-order valence-electron chi connectivity index (χ3n) is 2.84. The molecule has 100 valence electrons. The molecule has 1 aliphatic rings. The summed E-state index contributed by atoms with van der Waals surface area (Å²) in [5, 5.41) is 0. The van der Waals surface area contributed by atoms with Crippen LogP contribution in [0, 0.1) is 0 Å². The minimum absolute atomic E-state index is 0.327. The van der Waals surface area contributed by atoms with Crippen molar-refractivity contribution in [1.82, 2.24) is 4.31 Å². The standard InChI is InChI=1S/C11H17N3O2S2/c12-13-10-2-4-11(5-3-10)18(15,16)14-6-1-8-17-9-7-14/h2-5,13H,1,6-9,12H2. The molecule has 0 atom stereocenters. The van der Waals surface area contributed by atoms with Crippen LogP contribution in [0.5, 0.6) is 0 Å². The van der Waals surface area contributed by atoms with E-state index in [4.69, 9.17) is 5.84 Å². The summed E-state index contributed by atoms with van der Waals surface area (Å²) in [7, 11) is -3.36. The van der Waals surface area contributed by atoms with Gasteiger partial charge in [0.05, 0.1) is 4.90 Å². The smallest absolute Gasteiger partial charge is 0.243 e. The number of nitrogens with two attached hydrogens (primary N) is 1. The maximum atomic E-state index is 12.4. The van der Waals surface area contributed by atoms with Crippen LogP contribution in [0.15, 0.2) is 29.2 Å². The molecule has 1 aromatic carbocycles. The molecule has 0 spiro atoms. The fraction of sp³-hybridized carbons (Fsp3) is 0.455. The van der Waals surface area contributed by atoms with Crippen molar-refractivity contribution < 1.29 is 8.42 Å². The van der Waals surface area contributed by atoms with Gasteiger partial charge in [-0.3, -0.25) is 5.84 Å². The zero-order chi connectivity index (χ0) is 13.0. The summed E-state index contributed by atoms with van der Waals surface area (Å²) < 4.78 is 26.4. The first-order valence-electron chi connectivity index (χ1n) is 5.79. The highest BCUT2D eigenvalue weighted by atomic mass is 32.2. The number of nitrogen functional groups attached to an aromatic ring is 1. The maximum absolute atomic E-state index is 12.4. The minimum atomic E-state index is -3.36. The summed E-state index contributed by atoms with van der Waals surface area (Å²) >= 11 is 1.80. The molecule has 0 saturated carbocycles. The van der Waals surface area contributed by atoms with Gasteiger partial charge in [-0.15, -0.1) is 0 Å². The average molecular weight is 287 g/mol. The number of hydrogen-bond acceptors (Lipinski definition) is 5. The van der Waals surface area contributed by atoms with Gasteiger partial charge in [-0.2, -0.15) is 16.1 Å². The molecule has 1 aromatic rings. The van der Waals surface area contributed by atoms with Crippen LogP contribution in [-0.2, 0) is 10.0 Å². The minimum Gasteiger partial charge on any atom is -0.324 e. The Kier molecular flexibility index (Phi) is 4.50. The lowest BCUT2D eigenvalue weighted by atomic mass is 10.3. The van der Waals surface area contributed by atoms with Crippen molar-refractivity contribution in [2.75, 3.05) is 30.0 Å². The number of benzene rings is 1. The van der Waals surface area contributed by atoms with Crippen LogP contribution in [-0.4, -0.2) is 37.3 Å². The van der Waals surface area contributed by atoms with Crippen LogP contribution in [0.1, 0.15) is 6.42 Å². The fourth-order valence-corrected chi connectivity index (χ4v) is 4.32. The molecule has 1 heterocycles. The number of hydrazine groups is 1. The van der Waals surface area contributed by atoms with Crippen molar-refractivity contribution in [3.05, 3.63) is 24.3 Å². The van der Waals surface area contributed by atoms with Gasteiger partial charge in [0.15, 0.2) is 0 Å². The summed E-state index contributed by atoms with van der Waals surface area (Å²) in [4.78, 5) is 0.327. The Bertz CT molecular complexity index is 480. The highest BCUT2D eigenvalue weighted by Crippen LogP contribution is 2.21. The van der Waals surface area contributed by atoms with E-state index in [0.717, 1.165) is 17.9 Å². The predicted octanol–water partition coefficient (Wildman–Crippen LogP) is 1.10. The molecule has 0 aromatic heterocycles. The van der Waals surface area contributed by atoms with E-state index in [-0.39, 0.29) is 0 Å². The van der Waals surface area contributed by atoms with Gasteiger partial charge in [0.1, 0.15) is 0 Å². The molecule has 3 N–H and O–H groups in total. The molecular weight excluding hydrogens is 270 g/mol. The van der Waals surface area contributed by atoms with Crippen LogP contribution < -0.4 is 11.3 Å². The Balaban J connectivity index is 2.22. The summed E-state index contributed by atoms with van der Waals surface area (Å²) in [6.45, 7) is 1.19. The van der Waals surface area contributed by atoms with E-state index in [1.165, 1.54) is 0 Å². The third-order valence-corrected chi connectivity index (χ3v) is 5.80. The van der Waals surface area contributed by atoms with Crippen LogP contribution in [0.4, 0.5) is 5.69 Å². The molecule has 0 amide bonds. The van der Waals surface area contributed by atoms with Crippen molar-refractivity contribution in [2.24, 2.45) is 5.84 Å². The van der Waals surface area contributed by atoms with E-state index in [2.05, 4.69) is 5.43 Å². The number of anilines is 1. The zero-order valence-corrected chi connectivity index (χ0v) is 11.6. The van der Waals surface area contributed by atoms with Crippen LogP contribution in [0.25, 0.3) is 0 Å². The molecule has 1 saturated heterocycles. The van der Waals surface area contributed by atoms with E-state index >= 15 is 0 Å². The molecular formula is C11H17N3O2S2. The highest BCUT2D eigenvalue weighted by molar-refractivity contribution is 7.99. The predicted molar refractivity (Wildman–Crippen MR) is 75.0 cm³/mol. The molecule has 2 rings (SSSR count). The van der Waals surface area contributed by atoms with Crippen molar-refractivity contribution >= 4 is 27.5 Å². The lowest BCUT2D eigenvalue weighted by molar-refractivity contribution is 0.435. The van der Waals surface area contributed by atoms with Crippen LogP contribution >= 0.6 is 11.8 Å². The largest absolute Gasteiger partial charge is 0.324 e. The first kappa shape index (κ1) is 13.7. The first-order valence-corrected chi connectivity index (χ1v) is 8.38. The van der Waals surface area contributed by atoms with E-state index < -0.39 is 10.0 Å². The van der Waals surface area contributed by atoms with E-state index in [9.17, 15) is 8.42 Å². The Morgan fingerprint density at radius 1 is 1.17 bits per heavy atom. The molecule has 0 aliphatic carbocycles. The number of thioether (sulfide) groups is 1. The van der Waals surface area contributed by atoms with Crippen LogP contribution in [0.3, 0.4) is 0 Å². The average Bonchev–Trinajstić information content (AvgIpc) is 2.68. The third kappa shape index (κ3) is 2.97. The summed E-state index contributed by atoms with van der Waals surface area (Å²) in [5.74, 6) is 7.15. The Labute approximate surface area is 112 Å². The van der Waals surface area contributed by atoms with Crippen LogP contribution in [0.2, 0.25) is 0 Å². The monoisotopic (exact) mass is 287 g/mol. The molecule has 1 fully saturated rings. The number of nitrogens with zero attached hydrogens (tertiary/aromatic N) is 1. The van der Waals surface area contributed by atoms with Crippen molar-refractivity contribution in [3.63, 3.8) is 0 Å². The molecule has 0 radical (unpaired) electrons. The highest BCUT2D eigenvalue weighted by Gasteiger charge is 2.24. The SMILES string of the molecule is NNc1ccc(S(=O)(=O)N2CCCSCC2)cc1. The number of sulfonamides is 1. The normalized spacial score (nSPS) is 18.3. The van der Waals surface area contributed by atoms with Gasteiger partial charge in [0.2, 0.25) is 10.0 Å². The Morgan fingerprint density at radius 3 is 2.56 bits per heavy atom. The van der Waals surface area contributed by atoms with Gasteiger partial charge in [-0.25, -0.2) is 8.42 Å². The Hall–Kier alpha value is -0.760. The summed E-state index contributed by atoms with van der Waals surface area (Å²) in [6.07, 6.45) is 0.909. The quantitative estimate of drug-likeness (QED) is 0.643. The van der Waals surface area contributed by atoms with Crippen molar-refractivity contribution in [1.29, 1.82) is 0 Å². The molecule has 18 heavy (non-hydrogen) atoms. The summed E-state index contributed by atoms with van der Waals surface area (Å²) in [5.41, 5.74) is 3.18. The topological polar surface area (TPSA) is 75.4 Å². The lowest BCUT2D eigenvalue weighted by Gasteiger charge is -2.19. The van der Waals surface area contributed by atoms with Gasteiger partial charge in [-0.05, 0) is 36.4 Å². The second kappa shape index (κ2) is 5.92. The van der Waals surface area contributed by atoms with Crippen molar-refractivity contribution in [3.8, 4) is 0 Å². The van der Waals surface area contributed by atoms with Gasteiger partial charge in [0, 0.05) is 24.5 Å². The second-order valence-electron chi connectivity index (χ2n) is 4.04. The second-order valence-corrected chi connectivity index (χ2v) is 7.20. The van der Waals surface area contributed by atoms with Gasteiger partial charge in [-0.1, -0.05) is 0 Å². The molecule has 7 heteroatoms. The van der Waals surface area contributed by atoms with Gasteiger partial charge < -0.3 is 5.43 Å². The van der Waals surface area contributed by atoms with E-state index in [1.54, 1.807) is 40.3 Å². The fourth-order valence-electron chi connectivity index (χ4n) is 1.84. The molecule has 0 bridgehead atoms. The summed E-state index contributed by atoms with van der Waals surface area (Å²) in [6, 6.07) is 6.50. The number of hydrogen-bond donors (Lipinski definition) is 2. The number of nitrogens with one attached hydrogen (secondary N) is 1. The van der Waals surface area contributed by atoms with Crippen molar-refractivity contribution in [2.45, 2.75) is 11.3 Å².